The van der Waals surface area contributed by atoms with Gasteiger partial charge in [-0.15, -0.1) is 0 Å². The van der Waals surface area contributed by atoms with Crippen LogP contribution >= 0.6 is 0 Å². The molecular formula is C15H18F2N2O3. The number of ether oxygens (including phenoxy) is 1. The molecule has 22 heavy (non-hydrogen) atoms. The molecule has 0 bridgehead atoms. The lowest BCUT2D eigenvalue weighted by Crippen LogP contribution is -2.47. The number of amides is 3. The Kier molecular flexibility index (Phi) is 5.30. The third-order valence-electron chi connectivity index (χ3n) is 3.50. The monoisotopic (exact) mass is 312 g/mol. The number of urea groups is 1. The summed E-state index contributed by atoms with van der Waals surface area (Å²) >= 11 is 0. The third kappa shape index (κ3) is 4.41. The molecule has 1 saturated carbocycles. The van der Waals surface area contributed by atoms with Crippen LogP contribution in [0.1, 0.15) is 32.6 Å². The summed E-state index contributed by atoms with van der Waals surface area (Å²) in [7, 11) is 0. The Bertz CT molecular complexity index is 560. The van der Waals surface area contributed by atoms with Gasteiger partial charge in [0.25, 0.3) is 5.91 Å². The summed E-state index contributed by atoms with van der Waals surface area (Å²) in [6.07, 6.45) is 2.92. The van der Waals surface area contributed by atoms with Crippen molar-refractivity contribution >= 4 is 11.9 Å². The van der Waals surface area contributed by atoms with Crippen molar-refractivity contribution in [2.45, 2.75) is 44.8 Å². The summed E-state index contributed by atoms with van der Waals surface area (Å²) in [4.78, 5) is 23.5. The quantitative estimate of drug-likeness (QED) is 0.897. The Hall–Kier alpha value is -2.18. The summed E-state index contributed by atoms with van der Waals surface area (Å²) in [6.45, 7) is 1.42. The predicted molar refractivity (Wildman–Crippen MR) is 75.4 cm³/mol. The van der Waals surface area contributed by atoms with E-state index in [0.717, 1.165) is 37.8 Å². The lowest BCUT2D eigenvalue weighted by molar-refractivity contribution is -0.126. The highest BCUT2D eigenvalue weighted by Gasteiger charge is 2.21. The molecule has 0 radical (unpaired) electrons. The maximum Gasteiger partial charge on any atom is 0.321 e. The first-order chi connectivity index (χ1) is 10.5. The van der Waals surface area contributed by atoms with E-state index in [0.29, 0.717) is 0 Å². The minimum Gasteiger partial charge on any atom is -0.481 e. The van der Waals surface area contributed by atoms with Crippen LogP contribution in [0.5, 0.6) is 5.75 Å². The predicted octanol–water partition coefficient (Wildman–Crippen LogP) is 2.50. The van der Waals surface area contributed by atoms with E-state index in [2.05, 4.69) is 10.6 Å². The molecule has 1 aromatic carbocycles. The van der Waals surface area contributed by atoms with E-state index in [1.54, 1.807) is 0 Å². The number of carbonyl (C=O) groups excluding carboxylic acids is 2. The molecule has 0 unspecified atom stereocenters. The van der Waals surface area contributed by atoms with Crippen molar-refractivity contribution in [1.82, 2.24) is 10.6 Å². The summed E-state index contributed by atoms with van der Waals surface area (Å²) in [5.41, 5.74) is 0. The van der Waals surface area contributed by atoms with Crippen molar-refractivity contribution < 1.29 is 23.1 Å². The van der Waals surface area contributed by atoms with Gasteiger partial charge < -0.3 is 10.1 Å². The first-order valence-electron chi connectivity index (χ1n) is 7.19. The fourth-order valence-electron chi connectivity index (χ4n) is 2.31. The van der Waals surface area contributed by atoms with Gasteiger partial charge in [0.05, 0.1) is 0 Å². The van der Waals surface area contributed by atoms with Crippen LogP contribution in [-0.2, 0) is 4.79 Å². The number of nitrogens with one attached hydrogen (secondary N) is 2. The fraction of sp³-hybridized carbons (Fsp3) is 0.467. The Morgan fingerprint density at radius 3 is 2.55 bits per heavy atom. The molecule has 1 fully saturated rings. The number of hydrogen-bond donors (Lipinski definition) is 2. The molecule has 7 heteroatoms. The van der Waals surface area contributed by atoms with E-state index in [1.165, 1.54) is 13.0 Å². The van der Waals surface area contributed by atoms with Gasteiger partial charge >= 0.3 is 6.03 Å². The van der Waals surface area contributed by atoms with Crippen LogP contribution in [0.25, 0.3) is 0 Å². The topological polar surface area (TPSA) is 67.4 Å². The normalized spacial score (nSPS) is 16.1. The largest absolute Gasteiger partial charge is 0.481 e. The van der Waals surface area contributed by atoms with Crippen LogP contribution < -0.4 is 15.4 Å². The lowest BCUT2D eigenvalue weighted by Gasteiger charge is -2.16. The molecule has 1 aliphatic rings. The third-order valence-corrected chi connectivity index (χ3v) is 3.50. The standard InChI is InChI=1S/C15H18F2N2O3/c1-9(22-11-6-7-12(16)13(17)8-11)14(20)19-15(21)18-10-4-2-3-5-10/h6-10H,2-5H2,1H3,(H2,18,19,20,21)/t9-/m1/s1. The van der Waals surface area contributed by atoms with Crippen molar-refractivity contribution in [3.05, 3.63) is 29.8 Å². The minimum absolute atomic E-state index is 0.0118. The van der Waals surface area contributed by atoms with Gasteiger partial charge in [-0.1, -0.05) is 12.8 Å². The van der Waals surface area contributed by atoms with Gasteiger partial charge in [-0.2, -0.15) is 0 Å². The first-order valence-corrected chi connectivity index (χ1v) is 7.19. The number of benzene rings is 1. The zero-order valence-electron chi connectivity index (χ0n) is 12.2. The van der Waals surface area contributed by atoms with Crippen molar-refractivity contribution in [3.63, 3.8) is 0 Å². The van der Waals surface area contributed by atoms with Crippen LogP contribution in [0, 0.1) is 11.6 Å². The highest BCUT2D eigenvalue weighted by atomic mass is 19.2. The van der Waals surface area contributed by atoms with Crippen LogP contribution in [0.4, 0.5) is 13.6 Å². The van der Waals surface area contributed by atoms with E-state index < -0.39 is 29.7 Å². The SMILES string of the molecule is C[C@@H](Oc1ccc(F)c(F)c1)C(=O)NC(=O)NC1CCCC1. The molecule has 1 atom stereocenters. The Labute approximate surface area is 127 Å². The van der Waals surface area contributed by atoms with Crippen molar-refractivity contribution in [1.29, 1.82) is 0 Å². The average molecular weight is 312 g/mol. The van der Waals surface area contributed by atoms with Gasteiger partial charge in [0.15, 0.2) is 17.7 Å². The molecule has 1 aliphatic carbocycles. The molecule has 0 aliphatic heterocycles. The molecule has 120 valence electrons. The molecule has 2 rings (SSSR count). The van der Waals surface area contributed by atoms with Crippen molar-refractivity contribution in [3.8, 4) is 5.75 Å². The van der Waals surface area contributed by atoms with Crippen molar-refractivity contribution in [2.24, 2.45) is 0 Å². The number of rotatable bonds is 4. The zero-order valence-corrected chi connectivity index (χ0v) is 12.2. The van der Waals surface area contributed by atoms with Gasteiger partial charge in [0, 0.05) is 12.1 Å². The van der Waals surface area contributed by atoms with Crippen molar-refractivity contribution in [2.75, 3.05) is 0 Å². The Morgan fingerprint density at radius 1 is 1.23 bits per heavy atom. The van der Waals surface area contributed by atoms with Crippen LogP contribution in [0.15, 0.2) is 18.2 Å². The highest BCUT2D eigenvalue weighted by Crippen LogP contribution is 2.18. The van der Waals surface area contributed by atoms with Gasteiger partial charge in [-0.05, 0) is 31.9 Å². The van der Waals surface area contributed by atoms with Gasteiger partial charge in [0.1, 0.15) is 5.75 Å². The molecule has 0 heterocycles. The summed E-state index contributed by atoms with van der Waals surface area (Å²) in [5.74, 6) is -2.71. The number of carbonyl (C=O) groups is 2. The smallest absolute Gasteiger partial charge is 0.321 e. The molecule has 1 aromatic rings. The summed E-state index contributed by atoms with van der Waals surface area (Å²) in [6, 6.07) is 2.48. The second-order valence-corrected chi connectivity index (χ2v) is 5.28. The lowest BCUT2D eigenvalue weighted by atomic mass is 10.2. The highest BCUT2D eigenvalue weighted by molar-refractivity contribution is 5.96. The second-order valence-electron chi connectivity index (χ2n) is 5.28. The van der Waals surface area contributed by atoms with Crippen LogP contribution in [0.2, 0.25) is 0 Å². The molecule has 0 spiro atoms. The molecule has 2 N–H and O–H groups in total. The average Bonchev–Trinajstić information content (AvgIpc) is 2.95. The van der Waals surface area contributed by atoms with E-state index in [9.17, 15) is 18.4 Å². The van der Waals surface area contributed by atoms with E-state index in [1.807, 2.05) is 0 Å². The molecule has 0 aromatic heterocycles. The molecular weight excluding hydrogens is 294 g/mol. The summed E-state index contributed by atoms with van der Waals surface area (Å²) in [5, 5.41) is 4.88. The first kappa shape index (κ1) is 16.2. The van der Waals surface area contributed by atoms with Crippen LogP contribution in [0.3, 0.4) is 0 Å². The van der Waals surface area contributed by atoms with E-state index in [-0.39, 0.29) is 11.8 Å². The Morgan fingerprint density at radius 2 is 1.91 bits per heavy atom. The number of hydrogen-bond acceptors (Lipinski definition) is 3. The van der Waals surface area contributed by atoms with Gasteiger partial charge in [0.2, 0.25) is 0 Å². The Balaban J connectivity index is 1.83. The zero-order chi connectivity index (χ0) is 16.1. The maximum atomic E-state index is 13.0. The van der Waals surface area contributed by atoms with E-state index in [4.69, 9.17) is 4.74 Å². The van der Waals surface area contributed by atoms with E-state index >= 15 is 0 Å². The summed E-state index contributed by atoms with van der Waals surface area (Å²) < 4.78 is 31.0. The minimum atomic E-state index is -1.07. The second kappa shape index (κ2) is 7.20. The molecule has 3 amide bonds. The van der Waals surface area contributed by atoms with Gasteiger partial charge in [-0.25, -0.2) is 13.6 Å². The van der Waals surface area contributed by atoms with Gasteiger partial charge in [-0.3, -0.25) is 10.1 Å². The maximum absolute atomic E-state index is 13.0. The molecule has 5 nitrogen and oxygen atoms in total. The van der Waals surface area contributed by atoms with Crippen LogP contribution in [-0.4, -0.2) is 24.1 Å². The molecule has 0 saturated heterocycles. The number of imide groups is 1. The number of halogens is 2. The fourth-order valence-corrected chi connectivity index (χ4v) is 2.31.